The van der Waals surface area contributed by atoms with Crippen LogP contribution in [0.3, 0.4) is 0 Å². The summed E-state index contributed by atoms with van der Waals surface area (Å²) in [6.07, 6.45) is 0. The molecule has 1 aromatic heterocycles. The summed E-state index contributed by atoms with van der Waals surface area (Å²) in [5, 5.41) is 19.7. The van der Waals surface area contributed by atoms with Gasteiger partial charge in [0.25, 0.3) is 0 Å². The highest BCUT2D eigenvalue weighted by molar-refractivity contribution is 9.10. The second kappa shape index (κ2) is 4.20. The molecule has 2 N–H and O–H groups in total. The number of rotatable bonds is 2. The number of hydrogen-bond acceptors (Lipinski definition) is 3. The summed E-state index contributed by atoms with van der Waals surface area (Å²) < 4.78 is 7.37. The number of halogens is 1. The number of aromatic hydroxyl groups is 1. The van der Waals surface area contributed by atoms with E-state index in [4.69, 9.17) is 4.74 Å². The Hall–Kier alpha value is -1.69. The number of carboxylic acid groups (broad SMARTS) is 1. The molecule has 0 aliphatic heterocycles. The molecule has 96 valence electrons. The van der Waals surface area contributed by atoms with Crippen molar-refractivity contribution in [2.45, 2.75) is 6.92 Å². The van der Waals surface area contributed by atoms with Crippen molar-refractivity contribution in [2.75, 3.05) is 7.11 Å². The van der Waals surface area contributed by atoms with E-state index in [1.165, 1.54) is 7.11 Å². The fourth-order valence-corrected chi connectivity index (χ4v) is 2.67. The Kier molecular flexibility index (Phi) is 2.98. The van der Waals surface area contributed by atoms with Crippen molar-refractivity contribution >= 4 is 32.8 Å². The summed E-state index contributed by atoms with van der Waals surface area (Å²) in [5.74, 6) is -1.00. The van der Waals surface area contributed by atoms with E-state index in [-0.39, 0.29) is 17.1 Å². The predicted molar refractivity (Wildman–Crippen MR) is 70.5 cm³/mol. The Morgan fingerprint density at radius 3 is 2.61 bits per heavy atom. The highest BCUT2D eigenvalue weighted by Crippen LogP contribution is 2.43. The summed E-state index contributed by atoms with van der Waals surface area (Å²) in [5.41, 5.74) is 1.30. The van der Waals surface area contributed by atoms with Gasteiger partial charge in [0.15, 0.2) is 11.5 Å². The van der Waals surface area contributed by atoms with Gasteiger partial charge in [-0.05, 0) is 28.9 Å². The molecule has 5 nitrogen and oxygen atoms in total. The van der Waals surface area contributed by atoms with E-state index >= 15 is 0 Å². The lowest BCUT2D eigenvalue weighted by Crippen LogP contribution is -1.99. The maximum Gasteiger partial charge on any atom is 0.338 e. The average Bonchev–Trinajstić information content (AvgIpc) is 2.54. The zero-order valence-electron chi connectivity index (χ0n) is 10.1. The molecule has 0 fully saturated rings. The third-order valence-electron chi connectivity index (χ3n) is 3.08. The normalized spacial score (nSPS) is 10.9. The van der Waals surface area contributed by atoms with Gasteiger partial charge in [-0.1, -0.05) is 0 Å². The van der Waals surface area contributed by atoms with Gasteiger partial charge in [0.2, 0.25) is 0 Å². The lowest BCUT2D eigenvalue weighted by atomic mass is 10.1. The zero-order valence-corrected chi connectivity index (χ0v) is 11.7. The first kappa shape index (κ1) is 12.8. The van der Waals surface area contributed by atoms with Gasteiger partial charge < -0.3 is 19.5 Å². The molecule has 0 unspecified atom stereocenters. The molecule has 6 heteroatoms. The largest absolute Gasteiger partial charge is 0.504 e. The van der Waals surface area contributed by atoms with Crippen molar-refractivity contribution in [1.82, 2.24) is 4.57 Å². The van der Waals surface area contributed by atoms with Crippen molar-refractivity contribution in [1.29, 1.82) is 0 Å². The van der Waals surface area contributed by atoms with Crippen molar-refractivity contribution in [3.8, 4) is 11.5 Å². The van der Waals surface area contributed by atoms with Crippen LogP contribution in [0.25, 0.3) is 10.9 Å². The molecule has 0 spiro atoms. The van der Waals surface area contributed by atoms with Crippen LogP contribution in [-0.4, -0.2) is 27.9 Å². The lowest BCUT2D eigenvalue weighted by molar-refractivity contribution is 0.0697. The summed E-state index contributed by atoms with van der Waals surface area (Å²) in [6.45, 7) is 1.70. The van der Waals surface area contributed by atoms with Gasteiger partial charge in [-0.3, -0.25) is 0 Å². The minimum absolute atomic E-state index is 0.0933. The van der Waals surface area contributed by atoms with Crippen LogP contribution in [0.1, 0.15) is 16.1 Å². The average molecular weight is 314 g/mol. The van der Waals surface area contributed by atoms with E-state index in [1.54, 1.807) is 24.6 Å². The molecule has 0 aliphatic rings. The fourth-order valence-electron chi connectivity index (χ4n) is 2.10. The quantitative estimate of drug-likeness (QED) is 0.894. The van der Waals surface area contributed by atoms with Crippen LogP contribution in [0.15, 0.2) is 10.5 Å². The van der Waals surface area contributed by atoms with Crippen LogP contribution >= 0.6 is 15.9 Å². The number of aromatic carboxylic acids is 1. The number of fused-ring (bicyclic) bond motifs is 1. The molecule has 2 rings (SSSR count). The van der Waals surface area contributed by atoms with E-state index in [9.17, 15) is 15.0 Å². The van der Waals surface area contributed by atoms with Gasteiger partial charge >= 0.3 is 5.97 Å². The molecule has 0 radical (unpaired) electrons. The predicted octanol–water partition coefficient (Wildman–Crippen LogP) is 2.66. The Labute approximate surface area is 112 Å². The first-order chi connectivity index (χ1) is 8.40. The van der Waals surface area contributed by atoms with Gasteiger partial charge in [-0.25, -0.2) is 4.79 Å². The number of aromatic nitrogens is 1. The second-order valence-electron chi connectivity index (χ2n) is 3.96. The van der Waals surface area contributed by atoms with Gasteiger partial charge in [0.05, 0.1) is 28.0 Å². The maximum atomic E-state index is 11.3. The number of aryl methyl sites for hydroxylation is 1. The number of methoxy groups -OCH3 is 1. The van der Waals surface area contributed by atoms with Crippen LogP contribution in [0.5, 0.6) is 11.5 Å². The minimum Gasteiger partial charge on any atom is -0.504 e. The smallest absolute Gasteiger partial charge is 0.338 e. The van der Waals surface area contributed by atoms with Crippen LogP contribution in [-0.2, 0) is 7.05 Å². The summed E-state index contributed by atoms with van der Waals surface area (Å²) in [4.78, 5) is 11.3. The van der Waals surface area contributed by atoms with Crippen LogP contribution in [0, 0.1) is 6.92 Å². The Morgan fingerprint density at radius 1 is 1.50 bits per heavy atom. The van der Waals surface area contributed by atoms with E-state index in [0.717, 1.165) is 0 Å². The monoisotopic (exact) mass is 313 g/mol. The van der Waals surface area contributed by atoms with E-state index in [1.807, 2.05) is 0 Å². The number of carbonyl (C=O) groups is 1. The molecule has 2 aromatic rings. The van der Waals surface area contributed by atoms with Gasteiger partial charge in [-0.15, -0.1) is 0 Å². The maximum absolute atomic E-state index is 11.3. The van der Waals surface area contributed by atoms with Gasteiger partial charge in [-0.2, -0.15) is 0 Å². The van der Waals surface area contributed by atoms with E-state index < -0.39 is 5.97 Å². The molecular weight excluding hydrogens is 302 g/mol. The summed E-state index contributed by atoms with van der Waals surface area (Å²) in [6, 6.07) is 1.73. The van der Waals surface area contributed by atoms with Crippen molar-refractivity contribution < 1.29 is 19.7 Å². The minimum atomic E-state index is -1.07. The summed E-state index contributed by atoms with van der Waals surface area (Å²) in [7, 11) is 3.17. The molecule has 0 saturated heterocycles. The number of benzene rings is 1. The standard InChI is InChI=1S/C12H12BrNO4/c1-5-8(12(16)17)9-7(14(5)2)4-6(13)11(18-3)10(9)15/h4,15H,1-3H3,(H,16,17). The third kappa shape index (κ3) is 1.56. The Morgan fingerprint density at radius 2 is 2.11 bits per heavy atom. The lowest BCUT2D eigenvalue weighted by Gasteiger charge is -2.08. The van der Waals surface area contributed by atoms with Crippen LogP contribution in [0.4, 0.5) is 0 Å². The SMILES string of the molecule is COc1c(Br)cc2c(c1O)c(C(=O)O)c(C)n2C. The van der Waals surface area contributed by atoms with Crippen molar-refractivity contribution in [3.05, 3.63) is 21.8 Å². The first-order valence-corrected chi connectivity index (χ1v) is 5.97. The van der Waals surface area contributed by atoms with Crippen molar-refractivity contribution in [2.24, 2.45) is 7.05 Å². The van der Waals surface area contributed by atoms with E-state index in [2.05, 4.69) is 15.9 Å². The number of ether oxygens (including phenoxy) is 1. The molecule has 0 bridgehead atoms. The van der Waals surface area contributed by atoms with Gasteiger partial charge in [0, 0.05) is 12.7 Å². The zero-order chi connectivity index (χ0) is 13.6. The molecule has 1 aromatic carbocycles. The third-order valence-corrected chi connectivity index (χ3v) is 3.67. The number of phenolic OH excluding ortho intramolecular Hbond substituents is 1. The number of carboxylic acids is 1. The molecule has 0 amide bonds. The van der Waals surface area contributed by atoms with Gasteiger partial charge in [0.1, 0.15) is 0 Å². The number of hydrogen-bond donors (Lipinski definition) is 2. The topological polar surface area (TPSA) is 71.7 Å². The molecule has 0 saturated carbocycles. The molecular formula is C12H12BrNO4. The Bertz CT molecular complexity index is 660. The van der Waals surface area contributed by atoms with Crippen LogP contribution < -0.4 is 4.74 Å². The first-order valence-electron chi connectivity index (χ1n) is 5.17. The molecule has 18 heavy (non-hydrogen) atoms. The van der Waals surface area contributed by atoms with E-state index in [0.29, 0.717) is 21.1 Å². The number of nitrogens with zero attached hydrogens (tertiary/aromatic N) is 1. The van der Waals surface area contributed by atoms with Crippen molar-refractivity contribution in [3.63, 3.8) is 0 Å². The molecule has 0 atom stereocenters. The summed E-state index contributed by atoms with van der Waals surface area (Å²) >= 11 is 3.29. The Balaban J connectivity index is 3.03. The fraction of sp³-hybridized carbons (Fsp3) is 0.250. The van der Waals surface area contributed by atoms with Crippen LogP contribution in [0.2, 0.25) is 0 Å². The molecule has 1 heterocycles. The number of phenols is 1. The second-order valence-corrected chi connectivity index (χ2v) is 4.81. The molecule has 0 aliphatic carbocycles. The highest BCUT2D eigenvalue weighted by Gasteiger charge is 2.24. The highest BCUT2D eigenvalue weighted by atomic mass is 79.9.